The van der Waals surface area contributed by atoms with Gasteiger partial charge in [0.05, 0.1) is 0 Å². The fraction of sp³-hybridized carbons (Fsp3) is 0.632. The van der Waals surface area contributed by atoms with Gasteiger partial charge < -0.3 is 15.5 Å². The Kier molecular flexibility index (Phi) is 6.24. The molecular formula is C19H32N4O. The topological polar surface area (TPSA) is 47.6 Å². The molecule has 0 radical (unpaired) electrons. The SMILES string of the molecule is CN(C)C[C@@H]1CN(Cc2ccccc2)C[C@H]1NC(=O)NC(C)(C)C. The molecule has 2 atom stereocenters. The number of nitrogens with one attached hydrogen (secondary N) is 2. The summed E-state index contributed by atoms with van der Waals surface area (Å²) >= 11 is 0. The van der Waals surface area contributed by atoms with Crippen molar-refractivity contribution in [2.24, 2.45) is 5.92 Å². The number of amides is 2. The molecule has 0 unspecified atom stereocenters. The maximum atomic E-state index is 12.3. The molecule has 24 heavy (non-hydrogen) atoms. The Bertz CT molecular complexity index is 524. The summed E-state index contributed by atoms with van der Waals surface area (Å²) in [6, 6.07) is 10.6. The molecule has 1 aliphatic heterocycles. The molecule has 1 fully saturated rings. The van der Waals surface area contributed by atoms with E-state index in [1.807, 2.05) is 26.8 Å². The second-order valence-electron chi connectivity index (χ2n) is 8.16. The number of benzene rings is 1. The number of nitrogens with zero attached hydrogens (tertiary/aromatic N) is 2. The van der Waals surface area contributed by atoms with Crippen LogP contribution in [0.15, 0.2) is 30.3 Å². The Morgan fingerprint density at radius 2 is 1.88 bits per heavy atom. The van der Waals surface area contributed by atoms with E-state index in [1.54, 1.807) is 0 Å². The number of urea groups is 1. The molecule has 2 N–H and O–H groups in total. The minimum Gasteiger partial charge on any atom is -0.334 e. The van der Waals surface area contributed by atoms with Crippen molar-refractivity contribution >= 4 is 6.03 Å². The van der Waals surface area contributed by atoms with E-state index in [4.69, 9.17) is 0 Å². The van der Waals surface area contributed by atoms with Gasteiger partial charge in [-0.05, 0) is 40.4 Å². The first-order valence-corrected chi connectivity index (χ1v) is 8.72. The second kappa shape index (κ2) is 7.99. The number of carbonyl (C=O) groups excluding carboxylic acids is 1. The Morgan fingerprint density at radius 3 is 2.46 bits per heavy atom. The summed E-state index contributed by atoms with van der Waals surface area (Å²) in [5.41, 5.74) is 1.10. The van der Waals surface area contributed by atoms with Crippen molar-refractivity contribution < 1.29 is 4.79 Å². The lowest BCUT2D eigenvalue weighted by atomic mass is 10.0. The molecule has 1 aliphatic rings. The molecule has 5 nitrogen and oxygen atoms in total. The lowest BCUT2D eigenvalue weighted by Gasteiger charge is -2.26. The summed E-state index contributed by atoms with van der Waals surface area (Å²) in [7, 11) is 4.18. The van der Waals surface area contributed by atoms with Crippen LogP contribution >= 0.6 is 0 Å². The number of likely N-dealkylation sites (tertiary alicyclic amines) is 1. The maximum Gasteiger partial charge on any atom is 0.315 e. The molecule has 2 amide bonds. The Morgan fingerprint density at radius 1 is 1.21 bits per heavy atom. The van der Waals surface area contributed by atoms with Gasteiger partial charge in [-0.1, -0.05) is 30.3 Å². The maximum absolute atomic E-state index is 12.3. The van der Waals surface area contributed by atoms with Crippen molar-refractivity contribution in [3.63, 3.8) is 0 Å². The summed E-state index contributed by atoms with van der Waals surface area (Å²) < 4.78 is 0. The van der Waals surface area contributed by atoms with Gasteiger partial charge in [-0.2, -0.15) is 0 Å². The minimum atomic E-state index is -0.219. The molecule has 134 valence electrons. The van der Waals surface area contributed by atoms with Crippen LogP contribution in [0.5, 0.6) is 0 Å². The van der Waals surface area contributed by atoms with Gasteiger partial charge in [-0.3, -0.25) is 4.90 Å². The molecule has 5 heteroatoms. The van der Waals surface area contributed by atoms with Crippen LogP contribution in [-0.4, -0.2) is 61.1 Å². The highest BCUT2D eigenvalue weighted by atomic mass is 16.2. The van der Waals surface area contributed by atoms with Crippen molar-refractivity contribution in [1.82, 2.24) is 20.4 Å². The number of carbonyl (C=O) groups is 1. The summed E-state index contributed by atoms with van der Waals surface area (Å²) in [5, 5.41) is 6.19. The van der Waals surface area contributed by atoms with E-state index in [0.29, 0.717) is 5.92 Å². The van der Waals surface area contributed by atoms with E-state index in [0.717, 1.165) is 26.2 Å². The van der Waals surface area contributed by atoms with E-state index in [9.17, 15) is 4.79 Å². The quantitative estimate of drug-likeness (QED) is 0.868. The van der Waals surface area contributed by atoms with Gasteiger partial charge in [-0.15, -0.1) is 0 Å². The fourth-order valence-electron chi connectivity index (χ4n) is 3.29. The van der Waals surface area contributed by atoms with Crippen LogP contribution in [0.4, 0.5) is 4.79 Å². The van der Waals surface area contributed by atoms with Crippen molar-refractivity contribution in [1.29, 1.82) is 0 Å². The average molecular weight is 332 g/mol. The first-order valence-electron chi connectivity index (χ1n) is 8.72. The van der Waals surface area contributed by atoms with E-state index in [1.165, 1.54) is 5.56 Å². The number of rotatable bonds is 5. The van der Waals surface area contributed by atoms with Crippen molar-refractivity contribution in [2.75, 3.05) is 33.7 Å². The second-order valence-corrected chi connectivity index (χ2v) is 8.16. The van der Waals surface area contributed by atoms with Gasteiger partial charge in [0.1, 0.15) is 0 Å². The van der Waals surface area contributed by atoms with E-state index < -0.39 is 0 Å². The number of hydrogen-bond acceptors (Lipinski definition) is 3. The van der Waals surface area contributed by atoms with Crippen LogP contribution in [0.25, 0.3) is 0 Å². The molecule has 0 spiro atoms. The predicted octanol–water partition coefficient (Wildman–Crippen LogP) is 2.15. The number of hydrogen-bond donors (Lipinski definition) is 2. The molecule has 2 rings (SSSR count). The largest absolute Gasteiger partial charge is 0.334 e. The van der Waals surface area contributed by atoms with E-state index in [2.05, 4.69) is 58.8 Å². The van der Waals surface area contributed by atoms with Gasteiger partial charge in [0.15, 0.2) is 0 Å². The highest BCUT2D eigenvalue weighted by Crippen LogP contribution is 2.20. The van der Waals surface area contributed by atoms with Crippen LogP contribution in [0.2, 0.25) is 0 Å². The first-order chi connectivity index (χ1) is 11.2. The molecule has 1 aromatic carbocycles. The smallest absolute Gasteiger partial charge is 0.315 e. The standard InChI is InChI=1S/C19H32N4O/c1-19(2,3)21-18(24)20-17-14-23(13-16(17)12-22(4)5)11-15-9-7-6-8-10-15/h6-10,16-17H,11-14H2,1-5H3,(H2,20,21,24)/t16-,17-/m1/s1. The third-order valence-corrected chi connectivity index (χ3v) is 4.17. The zero-order chi connectivity index (χ0) is 17.7. The van der Waals surface area contributed by atoms with E-state index in [-0.39, 0.29) is 17.6 Å². The molecular weight excluding hydrogens is 300 g/mol. The molecule has 1 heterocycles. The Hall–Kier alpha value is -1.59. The lowest BCUT2D eigenvalue weighted by molar-refractivity contribution is 0.222. The van der Waals surface area contributed by atoms with Crippen molar-refractivity contribution in [2.45, 2.75) is 38.9 Å². The summed E-state index contributed by atoms with van der Waals surface area (Å²) in [5.74, 6) is 0.439. The third-order valence-electron chi connectivity index (χ3n) is 4.17. The third kappa shape index (κ3) is 6.13. The van der Waals surface area contributed by atoms with Crippen molar-refractivity contribution in [3.8, 4) is 0 Å². The normalized spacial score (nSPS) is 21.9. The van der Waals surface area contributed by atoms with Crippen LogP contribution in [0, 0.1) is 5.92 Å². The van der Waals surface area contributed by atoms with Crippen LogP contribution in [0.3, 0.4) is 0 Å². The van der Waals surface area contributed by atoms with Gasteiger partial charge in [0, 0.05) is 43.7 Å². The van der Waals surface area contributed by atoms with Gasteiger partial charge >= 0.3 is 6.03 Å². The monoisotopic (exact) mass is 332 g/mol. The zero-order valence-corrected chi connectivity index (χ0v) is 15.7. The fourth-order valence-corrected chi connectivity index (χ4v) is 3.29. The average Bonchev–Trinajstić information content (AvgIpc) is 2.78. The van der Waals surface area contributed by atoms with Gasteiger partial charge in [-0.25, -0.2) is 4.79 Å². The predicted molar refractivity (Wildman–Crippen MR) is 99.0 cm³/mol. The Labute approximate surface area is 146 Å². The highest BCUT2D eigenvalue weighted by molar-refractivity contribution is 5.75. The van der Waals surface area contributed by atoms with Crippen molar-refractivity contribution in [3.05, 3.63) is 35.9 Å². The molecule has 1 aromatic rings. The molecule has 0 aromatic heterocycles. The molecule has 0 aliphatic carbocycles. The minimum absolute atomic E-state index is 0.0715. The van der Waals surface area contributed by atoms with Crippen LogP contribution in [-0.2, 0) is 6.54 Å². The van der Waals surface area contributed by atoms with Gasteiger partial charge in [0.2, 0.25) is 0 Å². The van der Waals surface area contributed by atoms with E-state index >= 15 is 0 Å². The summed E-state index contributed by atoms with van der Waals surface area (Å²) in [4.78, 5) is 16.9. The molecule has 0 saturated carbocycles. The van der Waals surface area contributed by atoms with Gasteiger partial charge in [0.25, 0.3) is 0 Å². The molecule has 1 saturated heterocycles. The zero-order valence-electron chi connectivity index (χ0n) is 15.7. The highest BCUT2D eigenvalue weighted by Gasteiger charge is 2.34. The summed E-state index contributed by atoms with van der Waals surface area (Å²) in [6.45, 7) is 9.81. The Balaban J connectivity index is 1.97. The van der Waals surface area contributed by atoms with Crippen LogP contribution < -0.4 is 10.6 Å². The summed E-state index contributed by atoms with van der Waals surface area (Å²) in [6.07, 6.45) is 0. The first kappa shape index (κ1) is 18.7. The lowest BCUT2D eigenvalue weighted by Crippen LogP contribution is -2.52. The van der Waals surface area contributed by atoms with Crippen LogP contribution in [0.1, 0.15) is 26.3 Å². The molecule has 0 bridgehead atoms.